The van der Waals surface area contributed by atoms with E-state index in [9.17, 15) is 4.79 Å². The van der Waals surface area contributed by atoms with Gasteiger partial charge in [-0.05, 0) is 46.7 Å². The fourth-order valence-electron chi connectivity index (χ4n) is 2.24. The molecule has 2 N–H and O–H groups in total. The quantitative estimate of drug-likeness (QED) is 0.786. The van der Waals surface area contributed by atoms with E-state index in [-0.39, 0.29) is 36.3 Å². The first-order valence-electron chi connectivity index (χ1n) is 6.75. The maximum absolute atomic E-state index is 12.2. The third kappa shape index (κ3) is 5.86. The molecule has 4 nitrogen and oxygen atoms in total. The fourth-order valence-corrected chi connectivity index (χ4v) is 2.24. The van der Waals surface area contributed by atoms with Gasteiger partial charge in [-0.25, -0.2) is 0 Å². The number of hydrogen-bond donors (Lipinski definition) is 2. The number of nitrogens with zero attached hydrogens (tertiary/aromatic N) is 1. The molecule has 0 aromatic carbocycles. The molecule has 0 aromatic heterocycles. The lowest BCUT2D eigenvalue weighted by Crippen LogP contribution is -2.54. The Balaban J connectivity index is 0. The van der Waals surface area contributed by atoms with Gasteiger partial charge in [0.15, 0.2) is 0 Å². The van der Waals surface area contributed by atoms with E-state index < -0.39 is 0 Å². The van der Waals surface area contributed by atoms with Crippen molar-refractivity contribution in [2.75, 3.05) is 26.7 Å². The Morgan fingerprint density at radius 1 is 1.42 bits per heavy atom. The fraction of sp³-hybridized carbons (Fsp3) is 0.923. The normalized spacial score (nSPS) is 22.0. The summed E-state index contributed by atoms with van der Waals surface area (Å²) in [4.78, 5) is 14.4. The smallest absolute Gasteiger partial charge is 0.240 e. The number of amides is 1. The van der Waals surface area contributed by atoms with Gasteiger partial charge in [0.05, 0.1) is 5.54 Å². The van der Waals surface area contributed by atoms with Crippen molar-refractivity contribution in [2.45, 2.75) is 51.6 Å². The number of hydrogen-bond acceptors (Lipinski definition) is 3. The summed E-state index contributed by atoms with van der Waals surface area (Å²) in [6.07, 6.45) is 2.95. The zero-order valence-electron chi connectivity index (χ0n) is 12.5. The van der Waals surface area contributed by atoms with Crippen LogP contribution in [0.25, 0.3) is 0 Å². The minimum atomic E-state index is -0.295. The molecule has 1 heterocycles. The summed E-state index contributed by atoms with van der Waals surface area (Å²) in [5.74, 6) is 0.176. The highest BCUT2D eigenvalue weighted by molar-refractivity contribution is 5.86. The van der Waals surface area contributed by atoms with Gasteiger partial charge in [0, 0.05) is 19.1 Å². The highest BCUT2D eigenvalue weighted by Gasteiger charge is 2.38. The van der Waals surface area contributed by atoms with Gasteiger partial charge in [-0.15, -0.1) is 24.8 Å². The highest BCUT2D eigenvalue weighted by atomic mass is 35.5. The zero-order chi connectivity index (χ0) is 12.9. The van der Waals surface area contributed by atoms with Crippen molar-refractivity contribution in [3.63, 3.8) is 0 Å². The summed E-state index contributed by atoms with van der Waals surface area (Å²) in [6, 6.07) is 0.525. The monoisotopic (exact) mass is 313 g/mol. The molecule has 1 atom stereocenters. The molecule has 19 heavy (non-hydrogen) atoms. The number of carbonyl (C=O) groups is 1. The van der Waals surface area contributed by atoms with E-state index in [0.29, 0.717) is 6.04 Å². The van der Waals surface area contributed by atoms with Crippen LogP contribution in [0.2, 0.25) is 0 Å². The standard InChI is InChI=1S/C13H27N3O.2ClH/c1-5-13(7-6-8-15-13)12(17)14-9-10-16(4)11(2)3;;/h11,15H,5-10H2,1-4H3,(H,14,17);2*1H. The molecule has 0 radical (unpaired) electrons. The average Bonchev–Trinajstić information content (AvgIpc) is 2.78. The molecule has 1 fully saturated rings. The van der Waals surface area contributed by atoms with Gasteiger partial charge in [-0.3, -0.25) is 4.79 Å². The second kappa shape index (κ2) is 9.81. The van der Waals surface area contributed by atoms with Crippen LogP contribution in [0.4, 0.5) is 0 Å². The minimum absolute atomic E-state index is 0. The minimum Gasteiger partial charge on any atom is -0.353 e. The Hall–Kier alpha value is -0.0300. The van der Waals surface area contributed by atoms with Gasteiger partial charge in [0.25, 0.3) is 0 Å². The van der Waals surface area contributed by atoms with E-state index in [1.807, 2.05) is 0 Å². The Labute approximate surface area is 129 Å². The van der Waals surface area contributed by atoms with Gasteiger partial charge in [0.2, 0.25) is 5.91 Å². The van der Waals surface area contributed by atoms with Crippen LogP contribution in [-0.2, 0) is 4.79 Å². The van der Waals surface area contributed by atoms with E-state index >= 15 is 0 Å². The predicted octanol–water partition coefficient (Wildman–Crippen LogP) is 1.82. The third-order valence-electron chi connectivity index (χ3n) is 3.91. The maximum Gasteiger partial charge on any atom is 0.240 e. The van der Waals surface area contributed by atoms with Crippen molar-refractivity contribution < 1.29 is 4.79 Å². The molecule has 6 heteroatoms. The Morgan fingerprint density at radius 3 is 2.47 bits per heavy atom. The lowest BCUT2D eigenvalue weighted by molar-refractivity contribution is -0.127. The van der Waals surface area contributed by atoms with Gasteiger partial charge >= 0.3 is 0 Å². The molecule has 1 unspecified atom stereocenters. The Morgan fingerprint density at radius 2 is 2.05 bits per heavy atom. The second-order valence-corrected chi connectivity index (χ2v) is 5.30. The van der Waals surface area contributed by atoms with E-state index in [1.165, 1.54) is 0 Å². The van der Waals surface area contributed by atoms with E-state index in [4.69, 9.17) is 0 Å². The summed E-state index contributed by atoms with van der Waals surface area (Å²) < 4.78 is 0. The van der Waals surface area contributed by atoms with Crippen LogP contribution in [0.15, 0.2) is 0 Å². The van der Waals surface area contributed by atoms with Gasteiger partial charge in [0.1, 0.15) is 0 Å². The van der Waals surface area contributed by atoms with Crippen LogP contribution in [0.3, 0.4) is 0 Å². The largest absolute Gasteiger partial charge is 0.353 e. The topological polar surface area (TPSA) is 44.4 Å². The lowest BCUT2D eigenvalue weighted by atomic mass is 9.93. The van der Waals surface area contributed by atoms with Crippen molar-refractivity contribution in [3.8, 4) is 0 Å². The second-order valence-electron chi connectivity index (χ2n) is 5.30. The molecule has 1 amide bonds. The molecule has 0 aliphatic carbocycles. The molecular formula is C13H29Cl2N3O. The SMILES string of the molecule is CCC1(C(=O)NCCN(C)C(C)C)CCCN1.Cl.Cl. The van der Waals surface area contributed by atoms with Crippen molar-refractivity contribution in [1.29, 1.82) is 0 Å². The maximum atomic E-state index is 12.2. The summed E-state index contributed by atoms with van der Waals surface area (Å²) in [5, 5.41) is 6.41. The zero-order valence-corrected chi connectivity index (χ0v) is 14.1. The third-order valence-corrected chi connectivity index (χ3v) is 3.91. The molecule has 0 bridgehead atoms. The average molecular weight is 314 g/mol. The number of likely N-dealkylation sites (N-methyl/N-ethyl adjacent to an activating group) is 1. The molecule has 0 saturated carbocycles. The molecule has 1 aliphatic rings. The molecule has 1 saturated heterocycles. The van der Waals surface area contributed by atoms with Crippen molar-refractivity contribution >= 4 is 30.7 Å². The molecule has 116 valence electrons. The van der Waals surface area contributed by atoms with Crippen LogP contribution in [-0.4, -0.2) is 49.1 Å². The number of nitrogens with one attached hydrogen (secondary N) is 2. The first kappa shape index (κ1) is 21.3. The van der Waals surface area contributed by atoms with Crippen molar-refractivity contribution in [3.05, 3.63) is 0 Å². The van der Waals surface area contributed by atoms with Crippen LogP contribution in [0.1, 0.15) is 40.0 Å². The van der Waals surface area contributed by atoms with E-state index in [0.717, 1.165) is 38.9 Å². The van der Waals surface area contributed by atoms with Crippen LogP contribution >= 0.6 is 24.8 Å². The van der Waals surface area contributed by atoms with Crippen LogP contribution < -0.4 is 10.6 Å². The lowest BCUT2D eigenvalue weighted by Gasteiger charge is -2.28. The van der Waals surface area contributed by atoms with E-state index in [1.54, 1.807) is 0 Å². The first-order valence-corrected chi connectivity index (χ1v) is 6.75. The highest BCUT2D eigenvalue weighted by Crippen LogP contribution is 2.22. The number of rotatable bonds is 6. The molecule has 1 aliphatic heterocycles. The predicted molar refractivity (Wildman–Crippen MR) is 85.5 cm³/mol. The Kier molecular flexibility index (Phi) is 11.0. The molecular weight excluding hydrogens is 285 g/mol. The van der Waals surface area contributed by atoms with Crippen LogP contribution in [0, 0.1) is 0 Å². The van der Waals surface area contributed by atoms with Gasteiger partial charge in [-0.2, -0.15) is 0 Å². The van der Waals surface area contributed by atoms with E-state index in [2.05, 4.69) is 43.4 Å². The molecule has 1 rings (SSSR count). The van der Waals surface area contributed by atoms with Crippen molar-refractivity contribution in [2.24, 2.45) is 0 Å². The van der Waals surface area contributed by atoms with Crippen molar-refractivity contribution in [1.82, 2.24) is 15.5 Å². The van der Waals surface area contributed by atoms with Gasteiger partial charge in [-0.1, -0.05) is 6.92 Å². The summed E-state index contributed by atoms with van der Waals surface area (Å²) in [6.45, 7) is 9.01. The summed E-state index contributed by atoms with van der Waals surface area (Å²) in [7, 11) is 2.08. The Bertz CT molecular complexity index is 256. The molecule has 0 spiro atoms. The van der Waals surface area contributed by atoms with Crippen LogP contribution in [0.5, 0.6) is 0 Å². The number of carbonyl (C=O) groups excluding carboxylic acids is 1. The van der Waals surface area contributed by atoms with Gasteiger partial charge < -0.3 is 15.5 Å². The summed E-state index contributed by atoms with van der Waals surface area (Å²) in [5.41, 5.74) is -0.295. The molecule has 0 aromatic rings. The number of halogens is 2. The first-order chi connectivity index (χ1) is 8.02. The summed E-state index contributed by atoms with van der Waals surface area (Å²) >= 11 is 0.